The van der Waals surface area contributed by atoms with Crippen molar-refractivity contribution >= 4 is 27.9 Å². The molecule has 0 saturated carbocycles. The summed E-state index contributed by atoms with van der Waals surface area (Å²) in [5.41, 5.74) is 0.217. The van der Waals surface area contributed by atoms with Gasteiger partial charge in [0.05, 0.1) is 14.2 Å². The van der Waals surface area contributed by atoms with Crippen molar-refractivity contribution in [3.05, 3.63) is 22.1 Å². The Balaban J connectivity index is 2.96. The molecule has 0 amide bonds. The van der Waals surface area contributed by atoms with Crippen molar-refractivity contribution in [2.75, 3.05) is 14.2 Å². The summed E-state index contributed by atoms with van der Waals surface area (Å²) >= 11 is 3.07. The normalized spacial score (nSPS) is 9.80. The van der Waals surface area contributed by atoms with E-state index in [1.165, 1.54) is 20.3 Å². The number of hydrogen-bond acceptors (Lipinski definition) is 5. The van der Waals surface area contributed by atoms with Crippen LogP contribution in [0.5, 0.6) is 0 Å². The standard InChI is InChI=1S/C9H9BrO5/c1-13-8(11)4-6-5(9(12)14-2)3-7(10)15-6/h3H,4H2,1-2H3. The van der Waals surface area contributed by atoms with Crippen LogP contribution in [-0.2, 0) is 20.7 Å². The van der Waals surface area contributed by atoms with Crippen molar-refractivity contribution < 1.29 is 23.5 Å². The van der Waals surface area contributed by atoms with E-state index < -0.39 is 11.9 Å². The molecule has 0 aliphatic carbocycles. The maximum atomic E-state index is 11.3. The Labute approximate surface area is 94.5 Å². The molecule has 5 nitrogen and oxygen atoms in total. The molecular weight excluding hydrogens is 268 g/mol. The van der Waals surface area contributed by atoms with Gasteiger partial charge in [-0.2, -0.15) is 0 Å². The molecule has 0 atom stereocenters. The highest BCUT2D eigenvalue weighted by Crippen LogP contribution is 2.21. The second-order valence-corrected chi connectivity index (χ2v) is 3.41. The number of esters is 2. The molecule has 0 aromatic carbocycles. The van der Waals surface area contributed by atoms with E-state index in [9.17, 15) is 9.59 Å². The minimum Gasteiger partial charge on any atom is -0.469 e. The smallest absolute Gasteiger partial charge is 0.341 e. The largest absolute Gasteiger partial charge is 0.469 e. The van der Waals surface area contributed by atoms with Crippen LogP contribution >= 0.6 is 15.9 Å². The van der Waals surface area contributed by atoms with Crippen molar-refractivity contribution in [1.29, 1.82) is 0 Å². The van der Waals surface area contributed by atoms with Gasteiger partial charge in [0.25, 0.3) is 0 Å². The molecular formula is C9H9BrO5. The molecule has 82 valence electrons. The maximum Gasteiger partial charge on any atom is 0.341 e. The minimum absolute atomic E-state index is 0.105. The first-order valence-electron chi connectivity index (χ1n) is 4.01. The first-order valence-corrected chi connectivity index (χ1v) is 4.81. The van der Waals surface area contributed by atoms with Crippen molar-refractivity contribution in [3.63, 3.8) is 0 Å². The monoisotopic (exact) mass is 276 g/mol. The summed E-state index contributed by atoms with van der Waals surface area (Å²) in [7, 11) is 2.52. The number of hydrogen-bond donors (Lipinski definition) is 0. The van der Waals surface area contributed by atoms with E-state index in [0.717, 1.165) is 0 Å². The minimum atomic E-state index is -0.552. The maximum absolute atomic E-state index is 11.3. The number of furan rings is 1. The molecule has 0 bridgehead atoms. The Morgan fingerprint density at radius 1 is 1.40 bits per heavy atom. The summed E-state index contributed by atoms with van der Waals surface area (Å²) in [6, 6.07) is 1.45. The SMILES string of the molecule is COC(=O)Cc1oc(Br)cc1C(=O)OC. The van der Waals surface area contributed by atoms with Gasteiger partial charge in [-0.1, -0.05) is 0 Å². The molecule has 0 aliphatic heterocycles. The molecule has 0 spiro atoms. The van der Waals surface area contributed by atoms with Crippen molar-refractivity contribution in [2.45, 2.75) is 6.42 Å². The van der Waals surface area contributed by atoms with Gasteiger partial charge < -0.3 is 13.9 Å². The zero-order valence-electron chi connectivity index (χ0n) is 8.20. The third-order valence-electron chi connectivity index (χ3n) is 1.72. The van der Waals surface area contributed by atoms with Gasteiger partial charge in [-0.05, 0) is 15.9 Å². The molecule has 0 saturated heterocycles. The Morgan fingerprint density at radius 2 is 2.07 bits per heavy atom. The predicted molar refractivity (Wildman–Crippen MR) is 53.5 cm³/mol. The lowest BCUT2D eigenvalue weighted by Crippen LogP contribution is -2.09. The van der Waals surface area contributed by atoms with Gasteiger partial charge in [0.15, 0.2) is 4.67 Å². The molecule has 0 radical (unpaired) electrons. The van der Waals surface area contributed by atoms with Crippen LogP contribution < -0.4 is 0 Å². The molecule has 0 N–H and O–H groups in total. The van der Waals surface area contributed by atoms with E-state index in [1.807, 2.05) is 0 Å². The van der Waals surface area contributed by atoms with E-state index in [1.54, 1.807) is 0 Å². The van der Waals surface area contributed by atoms with Crippen LogP contribution in [0.4, 0.5) is 0 Å². The number of ether oxygens (including phenoxy) is 2. The van der Waals surface area contributed by atoms with Crippen LogP contribution in [-0.4, -0.2) is 26.2 Å². The molecule has 6 heteroatoms. The van der Waals surface area contributed by atoms with Gasteiger partial charge in [0.2, 0.25) is 0 Å². The fourth-order valence-corrected chi connectivity index (χ4v) is 1.44. The van der Waals surface area contributed by atoms with Gasteiger partial charge in [0.1, 0.15) is 17.7 Å². The van der Waals surface area contributed by atoms with Crippen molar-refractivity contribution in [1.82, 2.24) is 0 Å². The quantitative estimate of drug-likeness (QED) is 0.784. The summed E-state index contributed by atoms with van der Waals surface area (Å²) in [6.07, 6.45) is -0.105. The lowest BCUT2D eigenvalue weighted by Gasteiger charge is -1.99. The number of carbonyl (C=O) groups excluding carboxylic acids is 2. The molecule has 1 aromatic rings. The van der Waals surface area contributed by atoms with Gasteiger partial charge in [-0.25, -0.2) is 4.79 Å². The molecule has 15 heavy (non-hydrogen) atoms. The van der Waals surface area contributed by atoms with Crippen LogP contribution in [0, 0.1) is 0 Å². The van der Waals surface area contributed by atoms with Crippen LogP contribution in [0.15, 0.2) is 15.2 Å². The Bertz CT molecular complexity index is 382. The molecule has 1 heterocycles. The first-order chi connectivity index (χ1) is 7.08. The molecule has 0 unspecified atom stereocenters. The van der Waals surface area contributed by atoms with Gasteiger partial charge in [-0.3, -0.25) is 4.79 Å². The summed E-state index contributed by atoms with van der Waals surface area (Å²) in [5.74, 6) is -0.814. The Kier molecular flexibility index (Phi) is 3.90. The molecule has 1 aromatic heterocycles. The van der Waals surface area contributed by atoms with Crippen molar-refractivity contribution in [2.24, 2.45) is 0 Å². The summed E-state index contributed by atoms with van der Waals surface area (Å²) in [6.45, 7) is 0. The lowest BCUT2D eigenvalue weighted by atomic mass is 10.2. The zero-order chi connectivity index (χ0) is 11.4. The predicted octanol–water partition coefficient (Wildman–Crippen LogP) is 1.54. The van der Waals surface area contributed by atoms with E-state index in [0.29, 0.717) is 4.67 Å². The highest BCUT2D eigenvalue weighted by molar-refractivity contribution is 9.10. The van der Waals surface area contributed by atoms with Gasteiger partial charge >= 0.3 is 11.9 Å². The van der Waals surface area contributed by atoms with Gasteiger partial charge in [0, 0.05) is 6.07 Å². The Morgan fingerprint density at radius 3 is 2.60 bits per heavy atom. The van der Waals surface area contributed by atoms with Crippen molar-refractivity contribution in [3.8, 4) is 0 Å². The third-order valence-corrected chi connectivity index (χ3v) is 2.11. The fourth-order valence-electron chi connectivity index (χ4n) is 1.01. The molecule has 0 aliphatic rings. The second-order valence-electron chi connectivity index (χ2n) is 2.63. The Hall–Kier alpha value is -1.30. The number of halogens is 1. The average Bonchev–Trinajstić information content (AvgIpc) is 2.58. The van der Waals surface area contributed by atoms with E-state index in [4.69, 9.17) is 4.42 Å². The van der Waals surface area contributed by atoms with Gasteiger partial charge in [-0.15, -0.1) is 0 Å². The third kappa shape index (κ3) is 2.82. The van der Waals surface area contributed by atoms with E-state index in [-0.39, 0.29) is 17.7 Å². The number of carbonyl (C=O) groups is 2. The van der Waals surface area contributed by atoms with E-state index in [2.05, 4.69) is 25.4 Å². The first kappa shape index (κ1) is 11.8. The van der Waals surface area contributed by atoms with Crippen LogP contribution in [0.2, 0.25) is 0 Å². The van der Waals surface area contributed by atoms with Crippen LogP contribution in [0.25, 0.3) is 0 Å². The highest BCUT2D eigenvalue weighted by Gasteiger charge is 2.20. The fraction of sp³-hybridized carbons (Fsp3) is 0.333. The summed E-state index contributed by atoms with van der Waals surface area (Å²) < 4.78 is 14.5. The summed E-state index contributed by atoms with van der Waals surface area (Å²) in [5, 5.41) is 0. The van der Waals surface area contributed by atoms with Crippen LogP contribution in [0.1, 0.15) is 16.1 Å². The second kappa shape index (κ2) is 4.97. The number of methoxy groups -OCH3 is 2. The van der Waals surface area contributed by atoms with E-state index >= 15 is 0 Å². The molecule has 1 rings (SSSR count). The number of rotatable bonds is 3. The molecule has 0 fully saturated rings. The average molecular weight is 277 g/mol. The topological polar surface area (TPSA) is 65.7 Å². The van der Waals surface area contributed by atoms with Crippen LogP contribution in [0.3, 0.4) is 0 Å². The zero-order valence-corrected chi connectivity index (χ0v) is 9.79. The highest BCUT2D eigenvalue weighted by atomic mass is 79.9. The lowest BCUT2D eigenvalue weighted by molar-refractivity contribution is -0.140. The summed E-state index contributed by atoms with van der Waals surface area (Å²) in [4.78, 5) is 22.3.